The molecule has 0 spiro atoms. The van der Waals surface area contributed by atoms with Gasteiger partial charge in [0.25, 0.3) is 6.43 Å². The monoisotopic (exact) mass is 245 g/mol. The maximum absolute atomic E-state index is 12.8. The van der Waals surface area contributed by atoms with E-state index in [9.17, 15) is 13.6 Å². The van der Waals surface area contributed by atoms with E-state index in [0.717, 1.165) is 0 Å². The van der Waals surface area contributed by atoms with E-state index in [2.05, 4.69) is 10.3 Å². The molecule has 1 aliphatic heterocycles. The molecule has 2 rings (SSSR count). The number of aromatic nitrogens is 2. The van der Waals surface area contributed by atoms with Crippen LogP contribution in [-0.2, 0) is 4.74 Å². The van der Waals surface area contributed by atoms with Gasteiger partial charge in [0.1, 0.15) is 0 Å². The number of hydrogen-bond acceptors (Lipinski definition) is 4. The largest absolute Gasteiger partial charge is 0.461 e. The van der Waals surface area contributed by atoms with Gasteiger partial charge >= 0.3 is 5.97 Å². The summed E-state index contributed by atoms with van der Waals surface area (Å²) in [4.78, 5) is 15.4. The summed E-state index contributed by atoms with van der Waals surface area (Å²) >= 11 is 0. The Morgan fingerprint density at radius 2 is 2.53 bits per heavy atom. The van der Waals surface area contributed by atoms with Gasteiger partial charge in [0.05, 0.1) is 12.6 Å². The van der Waals surface area contributed by atoms with Gasteiger partial charge < -0.3 is 14.6 Å². The first-order valence-corrected chi connectivity index (χ1v) is 5.41. The third-order valence-corrected chi connectivity index (χ3v) is 2.59. The molecule has 5 nitrogen and oxygen atoms in total. The zero-order chi connectivity index (χ0) is 12.4. The molecule has 0 aromatic carbocycles. The number of carbonyl (C=O) groups is 1. The number of ether oxygens (including phenoxy) is 1. The summed E-state index contributed by atoms with van der Waals surface area (Å²) < 4.78 is 31.6. The zero-order valence-corrected chi connectivity index (χ0v) is 9.32. The summed E-state index contributed by atoms with van der Waals surface area (Å²) in [5.74, 6) is -0.297. The Hall–Kier alpha value is -1.66. The maximum Gasteiger partial charge on any atom is 0.358 e. The Labute approximate surface area is 96.8 Å². The van der Waals surface area contributed by atoms with Crippen molar-refractivity contribution in [1.82, 2.24) is 9.55 Å². The van der Waals surface area contributed by atoms with E-state index in [0.29, 0.717) is 18.9 Å². The molecular formula is C10H13F2N3O2. The second-order valence-electron chi connectivity index (χ2n) is 3.69. The van der Waals surface area contributed by atoms with Crippen LogP contribution in [0.3, 0.4) is 0 Å². The lowest BCUT2D eigenvalue weighted by molar-refractivity contribution is 0.0518. The van der Waals surface area contributed by atoms with E-state index in [1.54, 1.807) is 6.92 Å². The molecule has 7 heteroatoms. The van der Waals surface area contributed by atoms with E-state index in [1.807, 2.05) is 0 Å². The minimum atomic E-state index is -2.47. The first-order valence-electron chi connectivity index (χ1n) is 5.41. The molecule has 2 heterocycles. The second-order valence-corrected chi connectivity index (χ2v) is 3.69. The van der Waals surface area contributed by atoms with Crippen LogP contribution in [0.15, 0.2) is 6.20 Å². The van der Waals surface area contributed by atoms with Crippen molar-refractivity contribution in [3.63, 3.8) is 0 Å². The van der Waals surface area contributed by atoms with Gasteiger partial charge in [-0.25, -0.2) is 18.6 Å². The normalized spacial score (nSPS) is 18.7. The minimum absolute atomic E-state index is 0.0573. The molecule has 1 unspecified atom stereocenters. The number of hydrogen-bond donors (Lipinski definition) is 1. The molecule has 0 saturated carbocycles. The van der Waals surface area contributed by atoms with Gasteiger partial charge in [0.15, 0.2) is 5.69 Å². The van der Waals surface area contributed by atoms with E-state index in [4.69, 9.17) is 4.74 Å². The molecule has 0 amide bonds. The van der Waals surface area contributed by atoms with Crippen molar-refractivity contribution in [3.05, 3.63) is 11.9 Å². The Morgan fingerprint density at radius 1 is 1.76 bits per heavy atom. The van der Waals surface area contributed by atoms with Gasteiger partial charge in [-0.1, -0.05) is 0 Å². The van der Waals surface area contributed by atoms with Crippen LogP contribution in [0.1, 0.15) is 29.9 Å². The van der Waals surface area contributed by atoms with Crippen LogP contribution < -0.4 is 5.32 Å². The topological polar surface area (TPSA) is 56.2 Å². The molecule has 17 heavy (non-hydrogen) atoms. The van der Waals surface area contributed by atoms with Crippen LogP contribution in [0, 0.1) is 0 Å². The van der Waals surface area contributed by atoms with Gasteiger partial charge in [-0.15, -0.1) is 0 Å². The maximum atomic E-state index is 12.8. The summed E-state index contributed by atoms with van der Waals surface area (Å²) in [6.07, 6.45) is -0.848. The first-order chi connectivity index (χ1) is 8.13. The number of imidazole rings is 1. The highest BCUT2D eigenvalue weighted by atomic mass is 19.3. The fraction of sp³-hybridized carbons (Fsp3) is 0.600. The first kappa shape index (κ1) is 11.8. The van der Waals surface area contributed by atoms with Gasteiger partial charge in [0, 0.05) is 12.7 Å². The van der Waals surface area contributed by atoms with Crippen molar-refractivity contribution >= 4 is 11.9 Å². The lowest BCUT2D eigenvalue weighted by Gasteiger charge is -2.24. The molecule has 94 valence electrons. The number of nitrogens with one attached hydrogen (secondary N) is 1. The third kappa shape index (κ3) is 2.22. The smallest absolute Gasteiger partial charge is 0.358 e. The van der Waals surface area contributed by atoms with Crippen molar-refractivity contribution in [1.29, 1.82) is 0 Å². The second kappa shape index (κ2) is 4.68. The van der Waals surface area contributed by atoms with Crippen LogP contribution in [-0.4, -0.2) is 35.1 Å². The van der Waals surface area contributed by atoms with Gasteiger partial charge in [-0.05, 0) is 13.3 Å². The summed E-state index contributed by atoms with van der Waals surface area (Å²) in [5.41, 5.74) is 0.0573. The van der Waals surface area contributed by atoms with Gasteiger partial charge in [0.2, 0.25) is 5.95 Å². The highest BCUT2D eigenvalue weighted by Gasteiger charge is 2.29. The summed E-state index contributed by atoms with van der Waals surface area (Å²) in [6, 6.07) is -0.929. The fourth-order valence-corrected chi connectivity index (χ4v) is 1.80. The molecule has 1 aromatic heterocycles. The summed E-state index contributed by atoms with van der Waals surface area (Å²) in [7, 11) is 0. The predicted molar refractivity (Wildman–Crippen MR) is 56.3 cm³/mol. The Balaban J connectivity index is 2.27. The number of nitrogens with zero attached hydrogens (tertiary/aromatic N) is 2. The number of alkyl halides is 2. The van der Waals surface area contributed by atoms with Crippen molar-refractivity contribution in [2.45, 2.75) is 25.8 Å². The standard InChI is InChI=1S/C10H13F2N3O2/c1-2-17-9(16)6-5-15-7(8(11)12)3-4-13-10(15)14-6/h5,7-8H,2-4H2,1H3,(H,13,14). The number of rotatable bonds is 3. The number of carbonyl (C=O) groups excluding carboxylic acids is 1. The van der Waals surface area contributed by atoms with Gasteiger partial charge in [-0.3, -0.25) is 0 Å². The minimum Gasteiger partial charge on any atom is -0.461 e. The van der Waals surface area contributed by atoms with Crippen molar-refractivity contribution in [3.8, 4) is 0 Å². The average Bonchev–Trinajstić information content (AvgIpc) is 2.72. The highest BCUT2D eigenvalue weighted by molar-refractivity contribution is 5.87. The molecule has 1 aromatic rings. The van der Waals surface area contributed by atoms with E-state index < -0.39 is 18.4 Å². The van der Waals surface area contributed by atoms with E-state index >= 15 is 0 Å². The quantitative estimate of drug-likeness (QED) is 0.823. The lowest BCUT2D eigenvalue weighted by Crippen LogP contribution is -2.27. The van der Waals surface area contributed by atoms with Crippen LogP contribution in [0.2, 0.25) is 0 Å². The SMILES string of the molecule is CCOC(=O)c1cn2c(n1)NCCC2C(F)F. The summed E-state index contributed by atoms with van der Waals surface area (Å²) in [5, 5.41) is 2.88. The molecule has 0 fully saturated rings. The van der Waals surface area contributed by atoms with Crippen molar-refractivity contribution < 1.29 is 18.3 Å². The van der Waals surface area contributed by atoms with Crippen molar-refractivity contribution in [2.24, 2.45) is 0 Å². The number of halogens is 2. The molecule has 0 saturated heterocycles. The number of fused-ring (bicyclic) bond motifs is 1. The van der Waals surface area contributed by atoms with Crippen LogP contribution in [0.5, 0.6) is 0 Å². The fourth-order valence-electron chi connectivity index (χ4n) is 1.80. The van der Waals surface area contributed by atoms with Crippen LogP contribution in [0.4, 0.5) is 14.7 Å². The Morgan fingerprint density at radius 3 is 3.18 bits per heavy atom. The molecule has 1 aliphatic rings. The Bertz CT molecular complexity index is 420. The van der Waals surface area contributed by atoms with Gasteiger partial charge in [-0.2, -0.15) is 0 Å². The van der Waals surface area contributed by atoms with E-state index in [1.165, 1.54) is 10.8 Å². The lowest BCUT2D eigenvalue weighted by atomic mass is 10.2. The zero-order valence-electron chi connectivity index (χ0n) is 9.32. The molecule has 1 N–H and O–H groups in total. The number of anilines is 1. The number of esters is 1. The summed E-state index contributed by atoms with van der Waals surface area (Å²) in [6.45, 7) is 2.33. The average molecular weight is 245 g/mol. The molecule has 1 atom stereocenters. The molecule has 0 bridgehead atoms. The Kier molecular flexibility index (Phi) is 3.26. The van der Waals surface area contributed by atoms with Crippen LogP contribution >= 0.6 is 0 Å². The van der Waals surface area contributed by atoms with Crippen molar-refractivity contribution in [2.75, 3.05) is 18.5 Å². The van der Waals surface area contributed by atoms with E-state index in [-0.39, 0.29) is 12.3 Å². The highest BCUT2D eigenvalue weighted by Crippen LogP contribution is 2.28. The molecule has 0 radical (unpaired) electrons. The van der Waals surface area contributed by atoms with Crippen LogP contribution in [0.25, 0.3) is 0 Å². The third-order valence-electron chi connectivity index (χ3n) is 2.59. The molecular weight excluding hydrogens is 232 g/mol. The predicted octanol–water partition coefficient (Wildman–Crippen LogP) is 1.68. The molecule has 0 aliphatic carbocycles.